The third kappa shape index (κ3) is 3.01. The molecule has 4 heterocycles. The van der Waals surface area contributed by atoms with Crippen LogP contribution in [-0.4, -0.2) is 31.7 Å². The molecular weight excluding hydrogens is 378 g/mol. The summed E-state index contributed by atoms with van der Waals surface area (Å²) in [6.45, 7) is 3.75. The van der Waals surface area contributed by atoms with E-state index in [0.29, 0.717) is 16.3 Å². The highest BCUT2D eigenvalue weighted by Gasteiger charge is 2.45. The molecule has 0 bridgehead atoms. The Morgan fingerprint density at radius 1 is 1.29 bits per heavy atom. The molecule has 0 radical (unpaired) electrons. The molecule has 0 aromatic carbocycles. The zero-order chi connectivity index (χ0) is 19.8. The van der Waals surface area contributed by atoms with E-state index in [0.717, 1.165) is 10.6 Å². The normalized spacial score (nSPS) is 16.9. The number of thiazole rings is 1. The van der Waals surface area contributed by atoms with Crippen molar-refractivity contribution in [2.24, 2.45) is 0 Å². The number of rotatable bonds is 5. The largest absolute Gasteiger partial charge is 0.503 e. The predicted molar refractivity (Wildman–Crippen MR) is 102 cm³/mol. The van der Waals surface area contributed by atoms with Gasteiger partial charge >= 0.3 is 0 Å². The fraction of sp³-hybridized carbons (Fsp3) is 0.200. The number of carbonyl (C=O) groups is 2. The van der Waals surface area contributed by atoms with Crippen LogP contribution < -0.4 is 0 Å². The van der Waals surface area contributed by atoms with Gasteiger partial charge in [0.1, 0.15) is 11.8 Å². The first-order valence-electron chi connectivity index (χ1n) is 8.62. The number of aliphatic hydroxyl groups excluding tert-OH is 1. The number of pyridine rings is 1. The summed E-state index contributed by atoms with van der Waals surface area (Å²) in [4.78, 5) is 36.2. The molecule has 142 valence electrons. The monoisotopic (exact) mass is 395 g/mol. The standard InChI is InChI=1S/C20H17N3O4S/c1-11-19(28-12(2)22-11)17(24)15-16(14-4-3-9-27-14)23(20(26)18(15)25)10-13-5-7-21-8-6-13/h3-9,16,25H,10H2,1-2H3. The maximum Gasteiger partial charge on any atom is 0.290 e. The SMILES string of the molecule is Cc1nc(C)c(C(=O)C2=C(O)C(=O)N(Cc3ccncc3)C2c2ccco2)s1. The molecule has 7 nitrogen and oxygen atoms in total. The molecule has 1 aliphatic rings. The Hall–Kier alpha value is -3.26. The Bertz CT molecular complexity index is 1070. The van der Waals surface area contributed by atoms with Crippen LogP contribution in [0.1, 0.15) is 37.7 Å². The lowest BCUT2D eigenvalue weighted by Crippen LogP contribution is -2.30. The number of aromatic nitrogens is 2. The molecule has 0 saturated carbocycles. The highest BCUT2D eigenvalue weighted by atomic mass is 32.1. The maximum absolute atomic E-state index is 13.3. The highest BCUT2D eigenvalue weighted by molar-refractivity contribution is 7.14. The van der Waals surface area contributed by atoms with Gasteiger partial charge in [-0.05, 0) is 43.7 Å². The Balaban J connectivity index is 1.78. The topological polar surface area (TPSA) is 96.5 Å². The fourth-order valence-electron chi connectivity index (χ4n) is 3.34. The van der Waals surface area contributed by atoms with Crippen molar-refractivity contribution in [3.05, 3.63) is 81.2 Å². The van der Waals surface area contributed by atoms with Crippen molar-refractivity contribution >= 4 is 23.0 Å². The lowest BCUT2D eigenvalue weighted by molar-refractivity contribution is -0.130. The summed E-state index contributed by atoms with van der Waals surface area (Å²) >= 11 is 1.24. The second-order valence-electron chi connectivity index (χ2n) is 6.45. The van der Waals surface area contributed by atoms with Gasteiger partial charge in [-0.3, -0.25) is 14.6 Å². The number of furan rings is 1. The van der Waals surface area contributed by atoms with Gasteiger partial charge in [0.25, 0.3) is 5.91 Å². The third-order valence-corrected chi connectivity index (χ3v) is 5.64. The summed E-state index contributed by atoms with van der Waals surface area (Å²) in [6.07, 6.45) is 4.73. The second kappa shape index (κ2) is 7.05. The Morgan fingerprint density at radius 2 is 2.04 bits per heavy atom. The molecule has 4 rings (SSSR count). The minimum absolute atomic E-state index is 0.0146. The lowest BCUT2D eigenvalue weighted by Gasteiger charge is -2.24. The van der Waals surface area contributed by atoms with E-state index in [2.05, 4.69) is 9.97 Å². The van der Waals surface area contributed by atoms with Crippen molar-refractivity contribution in [1.29, 1.82) is 0 Å². The minimum atomic E-state index is -0.815. The van der Waals surface area contributed by atoms with Gasteiger partial charge in [0, 0.05) is 18.9 Å². The molecule has 8 heteroatoms. The summed E-state index contributed by atoms with van der Waals surface area (Å²) in [5, 5.41) is 11.3. The van der Waals surface area contributed by atoms with Crippen molar-refractivity contribution in [1.82, 2.24) is 14.9 Å². The Kier molecular flexibility index (Phi) is 4.56. The molecule has 1 N–H and O–H groups in total. The van der Waals surface area contributed by atoms with E-state index >= 15 is 0 Å². The van der Waals surface area contributed by atoms with Crippen molar-refractivity contribution in [2.45, 2.75) is 26.4 Å². The van der Waals surface area contributed by atoms with Gasteiger partial charge in [-0.1, -0.05) is 0 Å². The van der Waals surface area contributed by atoms with Crippen molar-refractivity contribution in [2.75, 3.05) is 0 Å². The number of Topliss-reactive ketones (excluding diaryl/α,β-unsaturated/α-hetero) is 1. The third-order valence-electron chi connectivity index (χ3n) is 4.57. The van der Waals surface area contributed by atoms with Crippen molar-refractivity contribution in [3.8, 4) is 0 Å². The molecule has 0 aliphatic carbocycles. The van der Waals surface area contributed by atoms with Crippen molar-refractivity contribution < 1.29 is 19.1 Å². The average molecular weight is 395 g/mol. The van der Waals surface area contributed by atoms with Crippen LogP contribution in [0.25, 0.3) is 0 Å². The number of amides is 1. The van der Waals surface area contributed by atoms with Crippen molar-refractivity contribution in [3.63, 3.8) is 0 Å². The number of aryl methyl sites for hydroxylation is 2. The molecule has 1 atom stereocenters. The average Bonchev–Trinajstić information content (AvgIpc) is 3.37. The summed E-state index contributed by atoms with van der Waals surface area (Å²) in [7, 11) is 0. The number of hydrogen-bond acceptors (Lipinski definition) is 7. The number of carbonyl (C=O) groups excluding carboxylic acids is 2. The molecule has 0 spiro atoms. The van der Waals surface area contributed by atoms with Gasteiger partial charge in [-0.2, -0.15) is 0 Å². The molecule has 28 heavy (non-hydrogen) atoms. The molecule has 0 saturated heterocycles. The van der Waals surface area contributed by atoms with Crippen LogP contribution in [0.5, 0.6) is 0 Å². The summed E-state index contributed by atoms with van der Waals surface area (Å²) in [6, 6.07) is 6.11. The van der Waals surface area contributed by atoms with E-state index in [-0.39, 0.29) is 12.1 Å². The van der Waals surface area contributed by atoms with Gasteiger partial charge in [0.05, 0.1) is 27.4 Å². The minimum Gasteiger partial charge on any atom is -0.503 e. The highest BCUT2D eigenvalue weighted by Crippen LogP contribution is 2.41. The van der Waals surface area contributed by atoms with E-state index in [1.807, 2.05) is 6.92 Å². The molecular formula is C20H17N3O4S. The van der Waals surface area contributed by atoms with Gasteiger partial charge in [-0.25, -0.2) is 4.98 Å². The molecule has 0 fully saturated rings. The number of aliphatic hydroxyl groups is 1. The van der Waals surface area contributed by atoms with Crippen LogP contribution in [0.2, 0.25) is 0 Å². The molecule has 1 amide bonds. The van der Waals surface area contributed by atoms with Gasteiger partial charge < -0.3 is 14.4 Å². The first-order valence-corrected chi connectivity index (χ1v) is 9.44. The summed E-state index contributed by atoms with van der Waals surface area (Å²) in [5.74, 6) is -1.16. The van der Waals surface area contributed by atoms with E-state index < -0.39 is 23.5 Å². The quantitative estimate of drug-likeness (QED) is 0.664. The number of ketones is 1. The summed E-state index contributed by atoms with van der Waals surface area (Å²) < 4.78 is 5.52. The first-order chi connectivity index (χ1) is 13.5. The van der Waals surface area contributed by atoms with E-state index in [1.165, 1.54) is 22.5 Å². The van der Waals surface area contributed by atoms with Gasteiger partial charge in [-0.15, -0.1) is 11.3 Å². The predicted octanol–water partition coefficient (Wildman–Crippen LogP) is 3.53. The smallest absolute Gasteiger partial charge is 0.290 e. The lowest BCUT2D eigenvalue weighted by atomic mass is 9.99. The maximum atomic E-state index is 13.3. The Labute approximate surface area is 165 Å². The summed E-state index contributed by atoms with van der Waals surface area (Å²) in [5.41, 5.74) is 1.41. The van der Waals surface area contributed by atoms with Crippen LogP contribution in [0, 0.1) is 13.8 Å². The van der Waals surface area contributed by atoms with Crippen LogP contribution in [0.15, 0.2) is 58.7 Å². The molecule has 1 unspecified atom stereocenters. The fourth-order valence-corrected chi connectivity index (χ4v) is 4.21. The zero-order valence-corrected chi connectivity index (χ0v) is 16.1. The molecule has 3 aromatic heterocycles. The van der Waals surface area contributed by atoms with E-state index in [4.69, 9.17) is 4.42 Å². The second-order valence-corrected chi connectivity index (χ2v) is 7.65. The number of hydrogen-bond donors (Lipinski definition) is 1. The van der Waals surface area contributed by atoms with Crippen LogP contribution in [0.3, 0.4) is 0 Å². The number of nitrogens with zero attached hydrogens (tertiary/aromatic N) is 3. The van der Waals surface area contributed by atoms with E-state index in [9.17, 15) is 14.7 Å². The van der Waals surface area contributed by atoms with Crippen LogP contribution in [-0.2, 0) is 11.3 Å². The zero-order valence-electron chi connectivity index (χ0n) is 15.2. The van der Waals surface area contributed by atoms with Crippen LogP contribution in [0.4, 0.5) is 0 Å². The van der Waals surface area contributed by atoms with Gasteiger partial charge in [0.2, 0.25) is 5.78 Å². The van der Waals surface area contributed by atoms with Gasteiger partial charge in [0.15, 0.2) is 5.76 Å². The van der Waals surface area contributed by atoms with E-state index in [1.54, 1.807) is 43.6 Å². The first kappa shape index (κ1) is 18.1. The molecule has 3 aromatic rings. The van der Waals surface area contributed by atoms with Crippen LogP contribution >= 0.6 is 11.3 Å². The Morgan fingerprint density at radius 3 is 2.64 bits per heavy atom. The molecule has 1 aliphatic heterocycles.